The lowest BCUT2D eigenvalue weighted by molar-refractivity contribution is -0.136. The molecule has 1 heterocycles. The molecule has 1 amide bonds. The van der Waals surface area contributed by atoms with E-state index < -0.39 is 5.54 Å². The van der Waals surface area contributed by atoms with Gasteiger partial charge in [0.2, 0.25) is 5.91 Å². The molecule has 0 atom stereocenters. The molecule has 1 aliphatic rings. The summed E-state index contributed by atoms with van der Waals surface area (Å²) in [7, 11) is 1.76. The van der Waals surface area contributed by atoms with Crippen molar-refractivity contribution < 1.29 is 4.79 Å². The number of benzene rings is 1. The number of aryl methyl sites for hydroxylation is 1. The number of rotatable bonds is 5. The number of hydrogen-bond donors (Lipinski definition) is 1. The molecule has 1 aliphatic carbocycles. The average Bonchev–Trinajstić information content (AvgIpc) is 3.02. The first-order valence-corrected chi connectivity index (χ1v) is 8.06. The monoisotopic (exact) mass is 307 g/mol. The summed E-state index contributed by atoms with van der Waals surface area (Å²) >= 11 is 0. The van der Waals surface area contributed by atoms with Crippen LogP contribution in [0, 0.1) is 11.3 Å². The Kier molecular flexibility index (Phi) is 4.20. The lowest BCUT2D eigenvalue weighted by Crippen LogP contribution is -2.53. The molecular weight excluding hydrogens is 286 g/mol. The summed E-state index contributed by atoms with van der Waals surface area (Å²) in [5.41, 5.74) is 2.70. The lowest BCUT2D eigenvalue weighted by Gasteiger charge is -2.43. The Bertz CT molecular complexity index is 723. The molecule has 1 aromatic carbocycles. The van der Waals surface area contributed by atoms with Crippen LogP contribution in [0.2, 0.25) is 0 Å². The van der Waals surface area contributed by atoms with E-state index in [4.69, 9.17) is 0 Å². The van der Waals surface area contributed by atoms with E-state index in [0.717, 1.165) is 36.2 Å². The van der Waals surface area contributed by atoms with Crippen LogP contribution >= 0.6 is 0 Å². The Balaban J connectivity index is 1.60. The van der Waals surface area contributed by atoms with Crippen molar-refractivity contribution in [3.63, 3.8) is 0 Å². The van der Waals surface area contributed by atoms with Crippen molar-refractivity contribution in [2.75, 3.05) is 7.05 Å². The van der Waals surface area contributed by atoms with Gasteiger partial charge in [0.25, 0.3) is 0 Å². The Hall–Kier alpha value is -2.54. The van der Waals surface area contributed by atoms with Crippen molar-refractivity contribution in [3.8, 4) is 17.3 Å². The van der Waals surface area contributed by atoms with Crippen LogP contribution in [-0.2, 0) is 11.2 Å². The summed E-state index contributed by atoms with van der Waals surface area (Å²) in [5, 5.41) is 9.32. The van der Waals surface area contributed by atoms with Crippen LogP contribution in [0.1, 0.15) is 31.4 Å². The van der Waals surface area contributed by atoms with E-state index in [0.29, 0.717) is 12.8 Å². The summed E-state index contributed by atoms with van der Waals surface area (Å²) in [6.45, 7) is 0. The number of aromatic nitrogens is 1. The normalized spacial score (nSPS) is 15.5. The van der Waals surface area contributed by atoms with Crippen LogP contribution in [0.25, 0.3) is 11.3 Å². The smallest absolute Gasteiger partial charge is 0.223 e. The van der Waals surface area contributed by atoms with Crippen LogP contribution in [0.4, 0.5) is 0 Å². The summed E-state index contributed by atoms with van der Waals surface area (Å²) in [4.78, 5) is 17.4. The van der Waals surface area contributed by atoms with Gasteiger partial charge < -0.3 is 9.88 Å². The molecule has 4 nitrogen and oxygen atoms in total. The fraction of sp³-hybridized carbons (Fsp3) is 0.368. The predicted molar refractivity (Wildman–Crippen MR) is 89.5 cm³/mol. The van der Waals surface area contributed by atoms with Gasteiger partial charge in [-0.1, -0.05) is 30.3 Å². The first kappa shape index (κ1) is 15.4. The number of carbonyl (C=O) groups is 1. The molecule has 4 heteroatoms. The highest BCUT2D eigenvalue weighted by molar-refractivity contribution is 5.77. The highest BCUT2D eigenvalue weighted by atomic mass is 16.2. The van der Waals surface area contributed by atoms with E-state index in [1.807, 2.05) is 30.3 Å². The van der Waals surface area contributed by atoms with Crippen molar-refractivity contribution in [1.82, 2.24) is 9.88 Å². The summed E-state index contributed by atoms with van der Waals surface area (Å²) in [5.74, 6) is 0.0436. The van der Waals surface area contributed by atoms with Crippen molar-refractivity contribution in [1.29, 1.82) is 5.26 Å². The van der Waals surface area contributed by atoms with Gasteiger partial charge >= 0.3 is 0 Å². The van der Waals surface area contributed by atoms with Gasteiger partial charge in [0, 0.05) is 24.9 Å². The highest BCUT2D eigenvalue weighted by Gasteiger charge is 2.43. The molecule has 1 saturated carbocycles. The minimum absolute atomic E-state index is 0.0436. The third kappa shape index (κ3) is 3.00. The maximum Gasteiger partial charge on any atom is 0.223 e. The summed E-state index contributed by atoms with van der Waals surface area (Å²) < 4.78 is 0. The standard InChI is InChI=1S/C19H21N3O/c1-22(19(14-20)12-5-13-19)18(23)11-9-16-8-10-17(21-16)15-6-3-2-4-7-15/h2-4,6-8,10,21H,5,9,11-13H2,1H3. The summed E-state index contributed by atoms with van der Waals surface area (Å²) in [6, 6.07) is 16.5. The molecular formula is C19H21N3O. The second-order valence-corrected chi connectivity index (χ2v) is 6.21. The fourth-order valence-corrected chi connectivity index (χ4v) is 3.05. The molecule has 0 bridgehead atoms. The Labute approximate surface area is 136 Å². The number of carbonyl (C=O) groups excluding carboxylic acids is 1. The van der Waals surface area contributed by atoms with Crippen LogP contribution in [0.3, 0.4) is 0 Å². The van der Waals surface area contributed by atoms with Crippen LogP contribution in [-0.4, -0.2) is 28.4 Å². The number of hydrogen-bond acceptors (Lipinski definition) is 2. The summed E-state index contributed by atoms with van der Waals surface area (Å²) in [6.07, 6.45) is 3.72. The maximum atomic E-state index is 12.4. The highest BCUT2D eigenvalue weighted by Crippen LogP contribution is 2.36. The molecule has 1 N–H and O–H groups in total. The van der Waals surface area contributed by atoms with Crippen LogP contribution < -0.4 is 0 Å². The third-order valence-corrected chi connectivity index (χ3v) is 4.84. The van der Waals surface area contributed by atoms with Gasteiger partial charge in [-0.3, -0.25) is 4.79 Å². The van der Waals surface area contributed by atoms with E-state index in [2.05, 4.69) is 23.2 Å². The van der Waals surface area contributed by atoms with Crippen molar-refractivity contribution >= 4 is 5.91 Å². The van der Waals surface area contributed by atoms with Gasteiger partial charge in [0.15, 0.2) is 0 Å². The first-order valence-electron chi connectivity index (χ1n) is 8.06. The van der Waals surface area contributed by atoms with E-state index in [9.17, 15) is 10.1 Å². The van der Waals surface area contributed by atoms with Gasteiger partial charge in [-0.15, -0.1) is 0 Å². The number of nitriles is 1. The maximum absolute atomic E-state index is 12.4. The zero-order valence-corrected chi connectivity index (χ0v) is 13.4. The predicted octanol–water partition coefficient (Wildman–Crippen LogP) is 3.52. The number of nitrogens with one attached hydrogen (secondary N) is 1. The number of nitrogens with zero attached hydrogens (tertiary/aromatic N) is 2. The molecule has 0 radical (unpaired) electrons. The Morgan fingerprint density at radius 2 is 2.00 bits per heavy atom. The van der Waals surface area contributed by atoms with Crippen LogP contribution in [0.15, 0.2) is 42.5 Å². The second-order valence-electron chi connectivity index (χ2n) is 6.21. The Morgan fingerprint density at radius 1 is 1.26 bits per heavy atom. The second kappa shape index (κ2) is 6.29. The molecule has 0 aliphatic heterocycles. The average molecular weight is 307 g/mol. The van der Waals surface area contributed by atoms with Gasteiger partial charge in [-0.25, -0.2) is 0 Å². The molecule has 0 saturated heterocycles. The number of H-pyrrole nitrogens is 1. The Morgan fingerprint density at radius 3 is 2.61 bits per heavy atom. The first-order chi connectivity index (χ1) is 11.1. The number of aromatic amines is 1. The van der Waals surface area contributed by atoms with E-state index in [1.165, 1.54) is 0 Å². The van der Waals surface area contributed by atoms with Gasteiger partial charge in [0.1, 0.15) is 5.54 Å². The molecule has 2 aromatic rings. The molecule has 3 rings (SSSR count). The SMILES string of the molecule is CN(C(=O)CCc1ccc(-c2ccccc2)[nH]1)C1(C#N)CCC1. The molecule has 0 unspecified atom stereocenters. The number of amides is 1. The van der Waals surface area contributed by atoms with Gasteiger partial charge in [-0.05, 0) is 43.4 Å². The van der Waals surface area contributed by atoms with E-state index in [1.54, 1.807) is 11.9 Å². The third-order valence-electron chi connectivity index (χ3n) is 4.84. The minimum Gasteiger partial charge on any atom is -0.358 e. The topological polar surface area (TPSA) is 59.9 Å². The molecule has 1 fully saturated rings. The molecule has 118 valence electrons. The fourth-order valence-electron chi connectivity index (χ4n) is 3.05. The molecule has 0 spiro atoms. The quantitative estimate of drug-likeness (QED) is 0.918. The van der Waals surface area contributed by atoms with Crippen molar-refractivity contribution in [2.24, 2.45) is 0 Å². The van der Waals surface area contributed by atoms with Crippen molar-refractivity contribution in [3.05, 3.63) is 48.2 Å². The molecule has 23 heavy (non-hydrogen) atoms. The zero-order chi connectivity index (χ0) is 16.3. The van der Waals surface area contributed by atoms with Crippen LogP contribution in [0.5, 0.6) is 0 Å². The lowest BCUT2D eigenvalue weighted by atomic mass is 9.76. The van der Waals surface area contributed by atoms with E-state index in [-0.39, 0.29) is 5.91 Å². The molecule has 1 aromatic heterocycles. The van der Waals surface area contributed by atoms with E-state index >= 15 is 0 Å². The zero-order valence-electron chi connectivity index (χ0n) is 13.4. The van der Waals surface area contributed by atoms with Gasteiger partial charge in [0.05, 0.1) is 6.07 Å². The van der Waals surface area contributed by atoms with Crippen molar-refractivity contribution in [2.45, 2.75) is 37.6 Å². The minimum atomic E-state index is -0.554. The largest absolute Gasteiger partial charge is 0.358 e. The van der Waals surface area contributed by atoms with Gasteiger partial charge in [-0.2, -0.15) is 5.26 Å².